The molecule has 0 saturated heterocycles. The fraction of sp³-hybridized carbons (Fsp3) is 0.0909. The number of allylic oxidation sites excluding steroid dienone is 4. The average Bonchev–Trinajstić information content (AvgIpc) is 2.91. The van der Waals surface area contributed by atoms with Gasteiger partial charge in [-0.1, -0.05) is 86.0 Å². The zero-order valence-electron chi connectivity index (χ0n) is 20.2. The van der Waals surface area contributed by atoms with Crippen molar-refractivity contribution in [1.82, 2.24) is 0 Å². The van der Waals surface area contributed by atoms with Crippen molar-refractivity contribution in [3.8, 4) is 0 Å². The Hall–Kier alpha value is -4.30. The molecule has 0 spiro atoms. The highest BCUT2D eigenvalue weighted by Gasteiger charge is 2.18. The number of hydrogen-bond acceptors (Lipinski definition) is 2. The van der Waals surface area contributed by atoms with Crippen LogP contribution in [0.1, 0.15) is 17.5 Å². The molecule has 1 aliphatic rings. The van der Waals surface area contributed by atoms with E-state index in [0.717, 1.165) is 35.6 Å². The van der Waals surface area contributed by atoms with E-state index in [9.17, 15) is 0 Å². The Kier molecular flexibility index (Phi) is 6.36. The summed E-state index contributed by atoms with van der Waals surface area (Å²) in [5.74, 6) is 0. The van der Waals surface area contributed by atoms with E-state index in [0.29, 0.717) is 0 Å². The normalized spacial score (nSPS) is 12.5. The molecule has 1 aliphatic carbocycles. The lowest BCUT2D eigenvalue weighted by atomic mass is 9.91. The Balaban J connectivity index is 1.55. The Labute approximate surface area is 208 Å². The van der Waals surface area contributed by atoms with E-state index >= 15 is 0 Å². The standard InChI is InChI=1S/C33H30N2/c1-4-5-13-25(2)35(29-16-7-6-8-17-29)30-22-20-28(21-23-30)34(3)33-31-18-11-9-14-26(31)24-27-15-10-12-19-32(27)33/h4-9,11-14,16-24H,1-2,10,15H2,3H3/b13-5-. The third-order valence-electron chi connectivity index (χ3n) is 6.57. The van der Waals surface area contributed by atoms with Crippen LogP contribution in [0.25, 0.3) is 16.8 Å². The van der Waals surface area contributed by atoms with Crippen molar-refractivity contribution in [2.24, 2.45) is 0 Å². The fourth-order valence-corrected chi connectivity index (χ4v) is 4.86. The molecular weight excluding hydrogens is 424 g/mol. The summed E-state index contributed by atoms with van der Waals surface area (Å²) in [5, 5.41) is 2.57. The minimum Gasteiger partial charge on any atom is -0.344 e. The van der Waals surface area contributed by atoms with Crippen molar-refractivity contribution >= 4 is 39.6 Å². The molecule has 4 aromatic rings. The van der Waals surface area contributed by atoms with Crippen LogP contribution >= 0.6 is 0 Å². The van der Waals surface area contributed by atoms with Gasteiger partial charge >= 0.3 is 0 Å². The van der Waals surface area contributed by atoms with Crippen LogP contribution in [-0.2, 0) is 6.42 Å². The molecule has 0 fully saturated rings. The van der Waals surface area contributed by atoms with E-state index in [2.05, 4.69) is 109 Å². The molecule has 0 heterocycles. The number of benzene rings is 4. The maximum atomic E-state index is 4.31. The van der Waals surface area contributed by atoms with Gasteiger partial charge in [0.2, 0.25) is 0 Å². The van der Waals surface area contributed by atoms with Crippen LogP contribution in [-0.4, -0.2) is 7.05 Å². The van der Waals surface area contributed by atoms with Gasteiger partial charge in [0.25, 0.3) is 0 Å². The highest BCUT2D eigenvalue weighted by atomic mass is 15.1. The topological polar surface area (TPSA) is 6.48 Å². The first kappa shape index (κ1) is 22.5. The van der Waals surface area contributed by atoms with Crippen LogP contribution in [0.2, 0.25) is 0 Å². The van der Waals surface area contributed by atoms with Crippen LogP contribution < -0.4 is 9.80 Å². The highest BCUT2D eigenvalue weighted by molar-refractivity contribution is 6.01. The third-order valence-corrected chi connectivity index (χ3v) is 6.57. The lowest BCUT2D eigenvalue weighted by Gasteiger charge is -2.29. The van der Waals surface area contributed by atoms with Gasteiger partial charge in [-0.2, -0.15) is 0 Å². The largest absolute Gasteiger partial charge is 0.344 e. The molecule has 0 radical (unpaired) electrons. The monoisotopic (exact) mass is 454 g/mol. The molecule has 2 nitrogen and oxygen atoms in total. The van der Waals surface area contributed by atoms with Gasteiger partial charge in [0.1, 0.15) is 0 Å². The van der Waals surface area contributed by atoms with E-state index in [1.807, 2.05) is 30.4 Å². The number of para-hydroxylation sites is 1. The summed E-state index contributed by atoms with van der Waals surface area (Å²) < 4.78 is 0. The third kappa shape index (κ3) is 4.43. The zero-order valence-corrected chi connectivity index (χ0v) is 20.2. The Bertz CT molecular complexity index is 1430. The van der Waals surface area contributed by atoms with Crippen LogP contribution in [0.3, 0.4) is 0 Å². The van der Waals surface area contributed by atoms with E-state index in [4.69, 9.17) is 0 Å². The fourth-order valence-electron chi connectivity index (χ4n) is 4.86. The van der Waals surface area contributed by atoms with Gasteiger partial charge in [-0.25, -0.2) is 0 Å². The Morgan fingerprint density at radius 3 is 2.31 bits per heavy atom. The molecular formula is C33H30N2. The molecule has 0 N–H and O–H groups in total. The number of fused-ring (bicyclic) bond motifs is 2. The minimum absolute atomic E-state index is 0.880. The summed E-state index contributed by atoms with van der Waals surface area (Å²) in [6.07, 6.45) is 12.4. The van der Waals surface area contributed by atoms with Crippen molar-refractivity contribution < 1.29 is 0 Å². The Morgan fingerprint density at radius 1 is 0.857 bits per heavy atom. The summed E-state index contributed by atoms with van der Waals surface area (Å²) in [6, 6.07) is 30.1. The van der Waals surface area contributed by atoms with Crippen LogP contribution in [0.5, 0.6) is 0 Å². The Morgan fingerprint density at radius 2 is 1.54 bits per heavy atom. The summed E-state index contributed by atoms with van der Waals surface area (Å²) in [6.45, 7) is 8.10. The maximum absolute atomic E-state index is 4.31. The molecule has 0 bridgehead atoms. The molecule has 2 heteroatoms. The number of anilines is 4. The predicted octanol–water partition coefficient (Wildman–Crippen LogP) is 8.96. The summed E-state index contributed by atoms with van der Waals surface area (Å²) in [5.41, 5.74) is 8.17. The van der Waals surface area contributed by atoms with Crippen molar-refractivity contribution in [1.29, 1.82) is 0 Å². The van der Waals surface area contributed by atoms with Crippen molar-refractivity contribution in [2.75, 3.05) is 16.8 Å². The molecule has 172 valence electrons. The van der Waals surface area contributed by atoms with Crippen LogP contribution in [0.15, 0.2) is 128 Å². The second-order valence-electron chi connectivity index (χ2n) is 8.79. The lowest BCUT2D eigenvalue weighted by Crippen LogP contribution is -2.16. The van der Waals surface area contributed by atoms with Gasteiger partial charge in [0.15, 0.2) is 0 Å². The molecule has 0 amide bonds. The van der Waals surface area contributed by atoms with Gasteiger partial charge in [0.05, 0.1) is 5.69 Å². The first-order valence-corrected chi connectivity index (χ1v) is 12.1. The number of hydrogen-bond donors (Lipinski definition) is 0. The first-order chi connectivity index (χ1) is 17.2. The van der Waals surface area contributed by atoms with Crippen molar-refractivity contribution in [3.05, 3.63) is 139 Å². The van der Waals surface area contributed by atoms with Gasteiger partial charge in [-0.3, -0.25) is 0 Å². The molecule has 0 aliphatic heterocycles. The molecule has 0 saturated carbocycles. The second kappa shape index (κ2) is 9.90. The highest BCUT2D eigenvalue weighted by Crippen LogP contribution is 2.40. The molecule has 0 unspecified atom stereocenters. The van der Waals surface area contributed by atoms with Gasteiger partial charge in [-0.05, 0) is 66.3 Å². The van der Waals surface area contributed by atoms with E-state index in [1.165, 1.54) is 27.6 Å². The molecule has 35 heavy (non-hydrogen) atoms. The number of nitrogens with zero attached hydrogens (tertiary/aromatic N) is 2. The lowest BCUT2D eigenvalue weighted by molar-refractivity contribution is 0.986. The predicted molar refractivity (Wildman–Crippen MR) is 153 cm³/mol. The molecule has 0 aromatic heterocycles. The van der Waals surface area contributed by atoms with Gasteiger partial charge in [-0.15, -0.1) is 0 Å². The summed E-state index contributed by atoms with van der Waals surface area (Å²) in [7, 11) is 2.17. The van der Waals surface area contributed by atoms with Gasteiger partial charge < -0.3 is 9.80 Å². The van der Waals surface area contributed by atoms with Gasteiger partial charge in [0, 0.05) is 40.8 Å². The quantitative estimate of drug-likeness (QED) is 0.257. The minimum atomic E-state index is 0.880. The second-order valence-corrected chi connectivity index (χ2v) is 8.79. The molecule has 5 rings (SSSR count). The molecule has 4 aromatic carbocycles. The first-order valence-electron chi connectivity index (χ1n) is 12.1. The zero-order chi connectivity index (χ0) is 24.2. The van der Waals surface area contributed by atoms with Crippen molar-refractivity contribution in [3.63, 3.8) is 0 Å². The SMILES string of the molecule is C=C/C=C\C(=C)N(c1ccccc1)c1ccc(N(C)c2c3c(cc4ccccc24)CCC=C3)cc1. The summed E-state index contributed by atoms with van der Waals surface area (Å²) in [4.78, 5) is 4.48. The maximum Gasteiger partial charge on any atom is 0.0564 e. The number of rotatable bonds is 7. The van der Waals surface area contributed by atoms with Crippen molar-refractivity contribution in [2.45, 2.75) is 12.8 Å². The van der Waals surface area contributed by atoms with E-state index in [-0.39, 0.29) is 0 Å². The smallest absolute Gasteiger partial charge is 0.0564 e. The van der Waals surface area contributed by atoms with Crippen LogP contribution in [0.4, 0.5) is 22.7 Å². The number of aryl methyl sites for hydroxylation is 1. The van der Waals surface area contributed by atoms with Crippen LogP contribution in [0, 0.1) is 0 Å². The van der Waals surface area contributed by atoms with E-state index in [1.54, 1.807) is 6.08 Å². The summed E-state index contributed by atoms with van der Waals surface area (Å²) >= 11 is 0. The average molecular weight is 455 g/mol. The van der Waals surface area contributed by atoms with E-state index < -0.39 is 0 Å². The molecule has 0 atom stereocenters.